The summed E-state index contributed by atoms with van der Waals surface area (Å²) >= 11 is 8.05. The first-order valence-corrected chi connectivity index (χ1v) is 11.2. The first kappa shape index (κ1) is 18.6. The van der Waals surface area contributed by atoms with Crippen LogP contribution in [0.25, 0.3) is 21.3 Å². The third-order valence-corrected chi connectivity index (χ3v) is 6.93. The average molecular weight is 420 g/mol. The molecule has 0 fully saturated rings. The van der Waals surface area contributed by atoms with Crippen molar-refractivity contribution in [2.45, 2.75) is 33.2 Å². The molecular weight excluding hydrogens is 398 g/mol. The molecule has 4 aromatic rings. The molecule has 0 saturated carbocycles. The largest absolute Gasteiger partial charge is 0.351 e. The molecule has 3 nitrogen and oxygen atoms in total. The van der Waals surface area contributed by atoms with Crippen LogP contribution in [0.1, 0.15) is 28.5 Å². The molecule has 0 radical (unpaired) electrons. The van der Waals surface area contributed by atoms with Gasteiger partial charge in [0.2, 0.25) is 5.28 Å². The van der Waals surface area contributed by atoms with Crippen LogP contribution >= 0.6 is 22.9 Å². The second-order valence-corrected chi connectivity index (χ2v) is 9.06. The fraction of sp³-hybridized carbons (Fsp3) is 0.250. The summed E-state index contributed by atoms with van der Waals surface area (Å²) in [6, 6.07) is 17.5. The van der Waals surface area contributed by atoms with Gasteiger partial charge in [0.05, 0.1) is 5.39 Å². The molecule has 0 amide bonds. The molecule has 5 heteroatoms. The standard InChI is InChI=1S/C24H22ClN3S/c1-3-16-8-10-18(11-9-16)20-15(2)29-23-21(20)22(26-24(25)27-23)28-13-12-17-6-4-5-7-19(17)14-28/h4-11H,3,12-14H2,1-2H3. The topological polar surface area (TPSA) is 29.0 Å². The molecule has 2 aromatic heterocycles. The smallest absolute Gasteiger partial charge is 0.225 e. The first-order chi connectivity index (χ1) is 14.1. The highest BCUT2D eigenvalue weighted by atomic mass is 35.5. The van der Waals surface area contributed by atoms with Gasteiger partial charge in [-0.1, -0.05) is 55.5 Å². The van der Waals surface area contributed by atoms with Crippen molar-refractivity contribution in [2.75, 3.05) is 11.4 Å². The fourth-order valence-corrected chi connectivity index (χ4v) is 5.48. The average Bonchev–Trinajstić information content (AvgIpc) is 3.08. The lowest BCUT2D eigenvalue weighted by atomic mass is 9.98. The molecule has 29 heavy (non-hydrogen) atoms. The van der Waals surface area contributed by atoms with E-state index < -0.39 is 0 Å². The highest BCUT2D eigenvalue weighted by Crippen LogP contribution is 2.43. The second kappa shape index (κ2) is 7.43. The zero-order valence-corrected chi connectivity index (χ0v) is 18.1. The number of rotatable bonds is 3. The Hall–Kier alpha value is -2.43. The van der Waals surface area contributed by atoms with E-state index in [4.69, 9.17) is 16.6 Å². The number of halogens is 1. The van der Waals surface area contributed by atoms with Crippen LogP contribution in [0.5, 0.6) is 0 Å². The Bertz CT molecular complexity index is 1200. The van der Waals surface area contributed by atoms with Gasteiger partial charge in [-0.05, 0) is 53.6 Å². The minimum atomic E-state index is 0.320. The third kappa shape index (κ3) is 3.30. The van der Waals surface area contributed by atoms with Crippen molar-refractivity contribution >= 4 is 39.0 Å². The van der Waals surface area contributed by atoms with E-state index in [-0.39, 0.29) is 0 Å². The summed E-state index contributed by atoms with van der Waals surface area (Å²) in [6.07, 6.45) is 2.06. The summed E-state index contributed by atoms with van der Waals surface area (Å²) in [6.45, 7) is 6.13. The quantitative estimate of drug-likeness (QED) is 0.357. The van der Waals surface area contributed by atoms with Crippen LogP contribution < -0.4 is 4.90 Å². The van der Waals surface area contributed by atoms with E-state index in [1.807, 2.05) is 0 Å². The summed E-state index contributed by atoms with van der Waals surface area (Å²) in [4.78, 5) is 13.8. The Morgan fingerprint density at radius 3 is 2.55 bits per heavy atom. The molecule has 1 aliphatic rings. The van der Waals surface area contributed by atoms with Crippen LogP contribution in [0.15, 0.2) is 48.5 Å². The van der Waals surface area contributed by atoms with Gasteiger partial charge in [0.25, 0.3) is 0 Å². The van der Waals surface area contributed by atoms with Crippen molar-refractivity contribution in [1.82, 2.24) is 9.97 Å². The number of aryl methyl sites for hydroxylation is 2. The number of aromatic nitrogens is 2. The molecule has 0 atom stereocenters. The summed E-state index contributed by atoms with van der Waals surface area (Å²) in [5.74, 6) is 0.952. The highest BCUT2D eigenvalue weighted by Gasteiger charge is 2.24. The maximum Gasteiger partial charge on any atom is 0.225 e. The van der Waals surface area contributed by atoms with E-state index in [9.17, 15) is 0 Å². The minimum Gasteiger partial charge on any atom is -0.351 e. The summed E-state index contributed by atoms with van der Waals surface area (Å²) in [5, 5.41) is 1.45. The maximum atomic E-state index is 6.35. The number of thiophene rings is 1. The molecule has 0 unspecified atom stereocenters. The summed E-state index contributed by atoms with van der Waals surface area (Å²) in [5.41, 5.74) is 6.59. The van der Waals surface area contributed by atoms with Crippen LogP contribution in [0.4, 0.5) is 5.82 Å². The number of fused-ring (bicyclic) bond motifs is 2. The summed E-state index contributed by atoms with van der Waals surface area (Å²) < 4.78 is 0. The molecule has 0 aliphatic carbocycles. The van der Waals surface area contributed by atoms with Crippen molar-refractivity contribution in [2.24, 2.45) is 0 Å². The van der Waals surface area contributed by atoms with Gasteiger partial charge in [-0.25, -0.2) is 4.98 Å². The highest BCUT2D eigenvalue weighted by molar-refractivity contribution is 7.19. The molecule has 0 bridgehead atoms. The van der Waals surface area contributed by atoms with Gasteiger partial charge in [-0.15, -0.1) is 11.3 Å². The van der Waals surface area contributed by atoms with Gasteiger partial charge in [0.1, 0.15) is 10.6 Å². The normalized spacial score (nSPS) is 13.7. The Balaban J connectivity index is 1.67. The third-order valence-electron chi connectivity index (χ3n) is 5.76. The van der Waals surface area contributed by atoms with Crippen LogP contribution in [0, 0.1) is 6.92 Å². The van der Waals surface area contributed by atoms with Crippen molar-refractivity contribution in [3.63, 3.8) is 0 Å². The lowest BCUT2D eigenvalue weighted by molar-refractivity contribution is 0.723. The van der Waals surface area contributed by atoms with Crippen molar-refractivity contribution in [1.29, 1.82) is 0 Å². The van der Waals surface area contributed by atoms with Crippen molar-refractivity contribution in [3.05, 3.63) is 75.4 Å². The van der Waals surface area contributed by atoms with Gasteiger partial charge in [0.15, 0.2) is 0 Å². The second-order valence-electron chi connectivity index (χ2n) is 7.52. The maximum absolute atomic E-state index is 6.35. The number of anilines is 1. The van der Waals surface area contributed by atoms with Gasteiger partial charge in [-0.3, -0.25) is 0 Å². The molecule has 146 valence electrons. The molecule has 5 rings (SSSR count). The van der Waals surface area contributed by atoms with E-state index >= 15 is 0 Å². The SMILES string of the molecule is CCc1ccc(-c2c(C)sc3nc(Cl)nc(N4CCc5ccccc5C4)c23)cc1. The number of benzene rings is 2. The molecule has 3 heterocycles. The Morgan fingerprint density at radius 2 is 1.79 bits per heavy atom. The molecule has 2 aromatic carbocycles. The van der Waals surface area contributed by atoms with Gasteiger partial charge in [0, 0.05) is 23.5 Å². The van der Waals surface area contributed by atoms with Crippen LogP contribution in [0.3, 0.4) is 0 Å². The number of hydrogen-bond donors (Lipinski definition) is 0. The monoisotopic (exact) mass is 419 g/mol. The zero-order valence-electron chi connectivity index (χ0n) is 16.6. The van der Waals surface area contributed by atoms with Crippen molar-refractivity contribution < 1.29 is 0 Å². The molecule has 0 saturated heterocycles. The van der Waals surface area contributed by atoms with E-state index in [2.05, 4.69) is 72.3 Å². The molecule has 0 N–H and O–H groups in total. The number of nitrogens with zero attached hydrogens (tertiary/aromatic N) is 3. The van der Waals surface area contributed by atoms with Crippen LogP contribution in [-0.2, 0) is 19.4 Å². The van der Waals surface area contributed by atoms with Crippen molar-refractivity contribution in [3.8, 4) is 11.1 Å². The lowest BCUT2D eigenvalue weighted by Crippen LogP contribution is -2.31. The van der Waals surface area contributed by atoms with E-state index in [0.29, 0.717) is 5.28 Å². The zero-order chi connectivity index (χ0) is 20.0. The Labute approximate surface area is 180 Å². The first-order valence-electron chi connectivity index (χ1n) is 10.0. The van der Waals surface area contributed by atoms with Gasteiger partial charge in [-0.2, -0.15) is 4.98 Å². The predicted molar refractivity (Wildman–Crippen MR) is 123 cm³/mol. The van der Waals surface area contributed by atoms with Crippen LogP contribution in [0.2, 0.25) is 5.28 Å². The summed E-state index contributed by atoms with van der Waals surface area (Å²) in [7, 11) is 0. The van der Waals surface area contributed by atoms with Crippen LogP contribution in [-0.4, -0.2) is 16.5 Å². The fourth-order valence-electron chi connectivity index (χ4n) is 4.23. The number of hydrogen-bond acceptors (Lipinski definition) is 4. The van der Waals surface area contributed by atoms with E-state index in [1.54, 1.807) is 11.3 Å². The predicted octanol–water partition coefficient (Wildman–Crippen LogP) is 6.45. The van der Waals surface area contributed by atoms with E-state index in [1.165, 1.54) is 32.7 Å². The molecule has 1 aliphatic heterocycles. The molecule has 0 spiro atoms. The Morgan fingerprint density at radius 1 is 1.03 bits per heavy atom. The van der Waals surface area contributed by atoms with Gasteiger partial charge >= 0.3 is 0 Å². The van der Waals surface area contributed by atoms with E-state index in [0.717, 1.165) is 42.0 Å². The minimum absolute atomic E-state index is 0.320. The lowest BCUT2D eigenvalue weighted by Gasteiger charge is -2.30. The Kier molecular flexibility index (Phi) is 4.76. The molecular formula is C24H22ClN3S. The van der Waals surface area contributed by atoms with Gasteiger partial charge < -0.3 is 4.90 Å².